The van der Waals surface area contributed by atoms with Gasteiger partial charge in [-0.05, 0) is 104 Å². The summed E-state index contributed by atoms with van der Waals surface area (Å²) in [6, 6.07) is 68.8. The SMILES string of the molecule is CC1(C)c2ccccc2-c2cccc(-c3ccc(N(c4cccc(-c5cccc6oc7c8ccccc8ccc7c56)c4)c4ccc5c(c4)sc4ccccc45)cc3)c21. The van der Waals surface area contributed by atoms with Crippen LogP contribution in [0.25, 0.3) is 86.3 Å². The maximum atomic E-state index is 6.61. The first-order valence-electron chi connectivity index (χ1n) is 20.0. The van der Waals surface area contributed by atoms with E-state index in [1.807, 2.05) is 11.3 Å². The molecule has 0 aliphatic heterocycles. The van der Waals surface area contributed by atoms with Gasteiger partial charge in [0.2, 0.25) is 0 Å². The molecule has 2 nitrogen and oxygen atoms in total. The van der Waals surface area contributed by atoms with Crippen LogP contribution in [0.1, 0.15) is 25.0 Å². The van der Waals surface area contributed by atoms with Gasteiger partial charge in [-0.2, -0.15) is 0 Å². The second kappa shape index (κ2) is 12.5. The van der Waals surface area contributed by atoms with Gasteiger partial charge in [0.05, 0.1) is 0 Å². The quantitative estimate of drug-likeness (QED) is 0.174. The van der Waals surface area contributed by atoms with E-state index in [-0.39, 0.29) is 5.41 Å². The highest BCUT2D eigenvalue weighted by Crippen LogP contribution is 2.52. The molecule has 0 amide bonds. The van der Waals surface area contributed by atoms with Crippen molar-refractivity contribution in [3.05, 3.63) is 199 Å². The number of benzene rings is 9. The van der Waals surface area contributed by atoms with Gasteiger partial charge in [0.1, 0.15) is 11.2 Å². The molecule has 1 aliphatic carbocycles. The van der Waals surface area contributed by atoms with E-state index in [4.69, 9.17) is 4.42 Å². The van der Waals surface area contributed by atoms with Crippen molar-refractivity contribution in [2.24, 2.45) is 0 Å². The summed E-state index contributed by atoms with van der Waals surface area (Å²) in [5, 5.41) is 7.19. The van der Waals surface area contributed by atoms with Crippen molar-refractivity contribution in [3.63, 3.8) is 0 Å². The largest absolute Gasteiger partial charge is 0.455 e. The van der Waals surface area contributed by atoms with Crippen LogP contribution in [0.4, 0.5) is 17.1 Å². The van der Waals surface area contributed by atoms with E-state index >= 15 is 0 Å². The summed E-state index contributed by atoms with van der Waals surface area (Å²) in [6.45, 7) is 4.73. The Labute approximate surface area is 340 Å². The van der Waals surface area contributed by atoms with Crippen LogP contribution in [0.2, 0.25) is 0 Å². The van der Waals surface area contributed by atoms with Gasteiger partial charge >= 0.3 is 0 Å². The Morgan fingerprint density at radius 2 is 1.12 bits per heavy atom. The molecule has 0 atom stereocenters. The Kier molecular flexibility index (Phi) is 7.18. The zero-order chi connectivity index (χ0) is 38.5. The first-order valence-corrected chi connectivity index (χ1v) is 20.8. The van der Waals surface area contributed by atoms with Gasteiger partial charge in [-0.25, -0.2) is 0 Å². The molecule has 12 rings (SSSR count). The van der Waals surface area contributed by atoms with Crippen LogP contribution >= 0.6 is 11.3 Å². The van der Waals surface area contributed by atoms with Gasteiger partial charge in [-0.3, -0.25) is 0 Å². The molecule has 0 bridgehead atoms. The van der Waals surface area contributed by atoms with Crippen molar-refractivity contribution in [2.75, 3.05) is 4.90 Å². The summed E-state index contributed by atoms with van der Waals surface area (Å²) in [7, 11) is 0. The molecule has 2 aromatic heterocycles. The Morgan fingerprint density at radius 3 is 2.03 bits per heavy atom. The Morgan fingerprint density at radius 1 is 0.448 bits per heavy atom. The molecular weight excluding hydrogens is 723 g/mol. The van der Waals surface area contributed by atoms with Gasteiger partial charge < -0.3 is 9.32 Å². The van der Waals surface area contributed by atoms with E-state index in [0.717, 1.165) is 55.5 Å². The zero-order valence-corrected chi connectivity index (χ0v) is 33.0. The average Bonchev–Trinajstić information content (AvgIpc) is 3.92. The minimum atomic E-state index is -0.0937. The predicted octanol–water partition coefficient (Wildman–Crippen LogP) is 16.2. The summed E-state index contributed by atoms with van der Waals surface area (Å²) in [6.07, 6.45) is 0. The summed E-state index contributed by atoms with van der Waals surface area (Å²) in [4.78, 5) is 2.41. The normalized spacial score (nSPS) is 13.1. The second-order valence-corrected chi connectivity index (χ2v) is 17.1. The number of thiophene rings is 1. The lowest BCUT2D eigenvalue weighted by atomic mass is 9.79. The highest BCUT2D eigenvalue weighted by Gasteiger charge is 2.37. The van der Waals surface area contributed by atoms with E-state index in [1.54, 1.807) is 0 Å². The lowest BCUT2D eigenvalue weighted by Crippen LogP contribution is -2.16. The van der Waals surface area contributed by atoms with Gasteiger partial charge in [0.15, 0.2) is 0 Å². The fraction of sp³-hybridized carbons (Fsp3) is 0.0545. The van der Waals surface area contributed by atoms with E-state index in [2.05, 4.69) is 207 Å². The van der Waals surface area contributed by atoms with Crippen LogP contribution in [0, 0.1) is 0 Å². The van der Waals surface area contributed by atoms with Gasteiger partial charge in [-0.15, -0.1) is 11.3 Å². The number of furan rings is 1. The molecule has 1 aliphatic rings. The van der Waals surface area contributed by atoms with Crippen molar-refractivity contribution in [1.29, 1.82) is 0 Å². The number of rotatable bonds is 5. The minimum absolute atomic E-state index is 0.0937. The molecule has 274 valence electrons. The highest BCUT2D eigenvalue weighted by molar-refractivity contribution is 7.25. The van der Waals surface area contributed by atoms with Crippen LogP contribution in [0.3, 0.4) is 0 Å². The summed E-state index contributed by atoms with van der Waals surface area (Å²) in [5.41, 5.74) is 15.4. The molecule has 58 heavy (non-hydrogen) atoms. The van der Waals surface area contributed by atoms with E-state index in [0.29, 0.717) is 0 Å². The highest BCUT2D eigenvalue weighted by atomic mass is 32.1. The number of hydrogen-bond donors (Lipinski definition) is 0. The average molecular weight is 760 g/mol. The first-order chi connectivity index (χ1) is 28.5. The number of hydrogen-bond acceptors (Lipinski definition) is 3. The van der Waals surface area contributed by atoms with E-state index in [1.165, 1.54) is 58.9 Å². The third kappa shape index (κ3) is 4.90. The molecule has 0 radical (unpaired) electrons. The maximum Gasteiger partial charge on any atom is 0.143 e. The molecule has 2 heterocycles. The standard InChI is InChI=1S/C55H37NOS/c1-55(2)48-21-7-5-16-43(48)46-20-10-19-41(53(46)55)35-24-27-37(28-25-35)56(39-29-31-45-44-17-6-8-23-50(44)58-51(45)33-39)38-14-9-13-36(32-38)40-18-11-22-49-52(40)47-30-26-34-12-3-4-15-42(34)54(47)57-49/h3-33H,1-2H3. The second-order valence-electron chi connectivity index (χ2n) is 16.1. The molecule has 0 N–H and O–H groups in total. The van der Waals surface area contributed by atoms with Crippen molar-refractivity contribution in [1.82, 2.24) is 0 Å². The smallest absolute Gasteiger partial charge is 0.143 e. The third-order valence-electron chi connectivity index (χ3n) is 12.4. The van der Waals surface area contributed by atoms with Gasteiger partial charge in [-0.1, -0.05) is 147 Å². The Balaban J connectivity index is 1.02. The molecule has 0 spiro atoms. The van der Waals surface area contributed by atoms with Crippen LogP contribution in [-0.4, -0.2) is 0 Å². The Bertz CT molecular complexity index is 3440. The van der Waals surface area contributed by atoms with Crippen LogP contribution < -0.4 is 4.90 Å². The monoisotopic (exact) mass is 759 g/mol. The molecule has 3 heteroatoms. The number of anilines is 3. The summed E-state index contributed by atoms with van der Waals surface area (Å²) >= 11 is 1.86. The van der Waals surface area contributed by atoms with Crippen LogP contribution in [0.5, 0.6) is 0 Å². The molecule has 9 aromatic carbocycles. The van der Waals surface area contributed by atoms with E-state index in [9.17, 15) is 0 Å². The topological polar surface area (TPSA) is 16.4 Å². The minimum Gasteiger partial charge on any atom is -0.455 e. The molecule has 0 fully saturated rings. The van der Waals surface area contributed by atoms with Crippen LogP contribution in [-0.2, 0) is 5.41 Å². The number of nitrogens with zero attached hydrogens (tertiary/aromatic N) is 1. The molecular formula is C55H37NOS. The lowest BCUT2D eigenvalue weighted by Gasteiger charge is -2.27. The molecule has 0 saturated heterocycles. The molecule has 0 saturated carbocycles. The summed E-state index contributed by atoms with van der Waals surface area (Å²) < 4.78 is 9.19. The fourth-order valence-corrected chi connectivity index (χ4v) is 10.9. The third-order valence-corrected chi connectivity index (χ3v) is 13.6. The van der Waals surface area contributed by atoms with E-state index < -0.39 is 0 Å². The lowest BCUT2D eigenvalue weighted by molar-refractivity contribution is 0.662. The van der Waals surface area contributed by atoms with Crippen molar-refractivity contribution >= 4 is 81.3 Å². The Hall–Kier alpha value is -6.94. The zero-order valence-electron chi connectivity index (χ0n) is 32.2. The van der Waals surface area contributed by atoms with Crippen molar-refractivity contribution in [3.8, 4) is 33.4 Å². The summed E-state index contributed by atoms with van der Waals surface area (Å²) in [5.74, 6) is 0. The first kappa shape index (κ1) is 33.2. The maximum absolute atomic E-state index is 6.61. The number of fused-ring (bicyclic) bond motifs is 11. The van der Waals surface area contributed by atoms with Crippen LogP contribution in [0.15, 0.2) is 192 Å². The fourth-order valence-electron chi connectivity index (χ4n) is 9.79. The van der Waals surface area contributed by atoms with Gasteiger partial charge in [0, 0.05) is 58.8 Å². The van der Waals surface area contributed by atoms with Gasteiger partial charge in [0.25, 0.3) is 0 Å². The molecule has 11 aromatic rings. The van der Waals surface area contributed by atoms with Crippen molar-refractivity contribution in [2.45, 2.75) is 19.3 Å². The predicted molar refractivity (Wildman–Crippen MR) is 247 cm³/mol. The van der Waals surface area contributed by atoms with Crippen molar-refractivity contribution < 1.29 is 4.42 Å². The molecule has 0 unspecified atom stereocenters.